The first kappa shape index (κ1) is 30.7. The first-order valence-corrected chi connectivity index (χ1v) is 12.7. The van der Waals surface area contributed by atoms with E-state index in [1.807, 2.05) is 13.8 Å². The zero-order valence-corrected chi connectivity index (χ0v) is 21.8. The van der Waals surface area contributed by atoms with Crippen molar-refractivity contribution in [1.82, 2.24) is 0 Å². The number of rotatable bonds is 15. The standard InChI is InChI=1S/C27H39FO9/c1-17(2)26-22-7-6-19(28)13-18(22)8-11-27(26,37-25(34)16-35-3)10-4-5-24(33)36-12-9-20(29)14-21(30)15-23(31)32/h6-7,13,17,20-21,26,29-30H,4-5,8-12,14-16H2,1-3H3,(H,31,32)/t20-,21-,26-,27+/m0/s1. The van der Waals surface area contributed by atoms with Crippen molar-refractivity contribution in [1.29, 1.82) is 0 Å². The van der Waals surface area contributed by atoms with Gasteiger partial charge in [0.2, 0.25) is 0 Å². The van der Waals surface area contributed by atoms with Crippen LogP contribution in [0.3, 0.4) is 0 Å². The molecule has 1 aromatic rings. The topological polar surface area (TPSA) is 140 Å². The van der Waals surface area contributed by atoms with Crippen molar-refractivity contribution >= 4 is 17.9 Å². The Morgan fingerprint density at radius 1 is 1.16 bits per heavy atom. The smallest absolute Gasteiger partial charge is 0.332 e. The molecule has 0 saturated carbocycles. The van der Waals surface area contributed by atoms with Gasteiger partial charge in [-0.3, -0.25) is 9.59 Å². The van der Waals surface area contributed by atoms with E-state index in [9.17, 15) is 29.0 Å². The fraction of sp³-hybridized carbons (Fsp3) is 0.667. The first-order chi connectivity index (χ1) is 17.5. The Kier molecular flexibility index (Phi) is 11.9. The van der Waals surface area contributed by atoms with Gasteiger partial charge in [-0.25, -0.2) is 9.18 Å². The molecule has 0 spiro atoms. The number of ether oxygens (including phenoxy) is 3. The van der Waals surface area contributed by atoms with Crippen LogP contribution in [0.5, 0.6) is 0 Å². The van der Waals surface area contributed by atoms with E-state index in [1.54, 1.807) is 6.07 Å². The van der Waals surface area contributed by atoms with Gasteiger partial charge in [0, 0.05) is 25.9 Å². The van der Waals surface area contributed by atoms with Crippen LogP contribution in [0.25, 0.3) is 0 Å². The lowest BCUT2D eigenvalue weighted by atomic mass is 9.65. The number of hydrogen-bond donors (Lipinski definition) is 3. The number of aliphatic carboxylic acids is 1. The van der Waals surface area contributed by atoms with Crippen LogP contribution >= 0.6 is 0 Å². The molecule has 1 aliphatic rings. The van der Waals surface area contributed by atoms with Crippen LogP contribution < -0.4 is 0 Å². The monoisotopic (exact) mass is 526 g/mol. The summed E-state index contributed by atoms with van der Waals surface area (Å²) in [5.74, 6) is -2.57. The van der Waals surface area contributed by atoms with E-state index in [1.165, 1.54) is 19.2 Å². The molecule has 0 amide bonds. The van der Waals surface area contributed by atoms with Crippen LogP contribution in [0.1, 0.15) is 75.8 Å². The number of carboxylic acids is 1. The Bertz CT molecular complexity index is 919. The maximum Gasteiger partial charge on any atom is 0.332 e. The number of carbonyl (C=O) groups excluding carboxylic acids is 2. The van der Waals surface area contributed by atoms with Crippen molar-refractivity contribution in [3.8, 4) is 0 Å². The summed E-state index contributed by atoms with van der Waals surface area (Å²) < 4.78 is 30.1. The number of methoxy groups -OCH3 is 1. The minimum absolute atomic E-state index is 0.0681. The van der Waals surface area contributed by atoms with E-state index in [-0.39, 0.29) is 50.1 Å². The summed E-state index contributed by atoms with van der Waals surface area (Å²) in [6.45, 7) is 3.78. The second-order valence-electron chi connectivity index (χ2n) is 10.0. The van der Waals surface area contributed by atoms with Crippen LogP contribution in [-0.4, -0.2) is 71.4 Å². The number of esters is 2. The third-order valence-electron chi connectivity index (χ3n) is 6.72. The maximum atomic E-state index is 13.9. The van der Waals surface area contributed by atoms with Gasteiger partial charge in [0.15, 0.2) is 0 Å². The van der Waals surface area contributed by atoms with Crippen molar-refractivity contribution in [2.45, 2.75) is 88.9 Å². The SMILES string of the molecule is COCC(=O)O[C@]1(CCCC(=O)OCC[C@H](O)C[C@H](O)CC(=O)O)CCc2cc(F)ccc2[C@@H]1C(C)C. The van der Waals surface area contributed by atoms with Gasteiger partial charge in [-0.15, -0.1) is 0 Å². The van der Waals surface area contributed by atoms with E-state index < -0.39 is 42.1 Å². The molecule has 1 aromatic carbocycles. The van der Waals surface area contributed by atoms with Crippen molar-refractivity contribution in [3.63, 3.8) is 0 Å². The van der Waals surface area contributed by atoms with E-state index in [0.717, 1.165) is 11.1 Å². The summed E-state index contributed by atoms with van der Waals surface area (Å²) in [4.78, 5) is 35.4. The second kappa shape index (κ2) is 14.4. The van der Waals surface area contributed by atoms with Gasteiger partial charge in [0.05, 0.1) is 25.2 Å². The van der Waals surface area contributed by atoms with E-state index in [2.05, 4.69) is 0 Å². The van der Waals surface area contributed by atoms with Gasteiger partial charge < -0.3 is 29.5 Å². The molecule has 3 N–H and O–H groups in total. The molecule has 37 heavy (non-hydrogen) atoms. The van der Waals surface area contributed by atoms with Crippen LogP contribution in [0, 0.1) is 11.7 Å². The minimum Gasteiger partial charge on any atom is -0.481 e. The number of halogens is 1. The summed E-state index contributed by atoms with van der Waals surface area (Å²) in [6, 6.07) is 4.69. The lowest BCUT2D eigenvalue weighted by Gasteiger charge is -2.46. The lowest BCUT2D eigenvalue weighted by Crippen LogP contribution is -2.47. The molecule has 1 aliphatic carbocycles. The first-order valence-electron chi connectivity index (χ1n) is 12.7. The highest BCUT2D eigenvalue weighted by Crippen LogP contribution is 2.48. The summed E-state index contributed by atoms with van der Waals surface area (Å²) in [5, 5.41) is 28.1. The quantitative estimate of drug-likeness (QED) is 0.294. The minimum atomic E-state index is -1.17. The molecule has 0 bridgehead atoms. The third-order valence-corrected chi connectivity index (χ3v) is 6.72. The lowest BCUT2D eigenvalue weighted by molar-refractivity contribution is -0.171. The van der Waals surface area contributed by atoms with Crippen molar-refractivity contribution in [2.75, 3.05) is 20.3 Å². The summed E-state index contributed by atoms with van der Waals surface area (Å²) in [6.07, 6.45) is -0.804. The molecular weight excluding hydrogens is 487 g/mol. The highest BCUT2D eigenvalue weighted by atomic mass is 19.1. The van der Waals surface area contributed by atoms with Gasteiger partial charge in [0.25, 0.3) is 0 Å². The van der Waals surface area contributed by atoms with Crippen LogP contribution in [0.4, 0.5) is 4.39 Å². The predicted molar refractivity (Wildman–Crippen MR) is 131 cm³/mol. The van der Waals surface area contributed by atoms with E-state index >= 15 is 0 Å². The van der Waals surface area contributed by atoms with Crippen molar-refractivity contribution < 1.29 is 48.3 Å². The largest absolute Gasteiger partial charge is 0.481 e. The number of aryl methyl sites for hydroxylation is 1. The molecule has 0 aromatic heterocycles. The van der Waals surface area contributed by atoms with Gasteiger partial charge >= 0.3 is 17.9 Å². The van der Waals surface area contributed by atoms with Crippen LogP contribution in [0.15, 0.2) is 18.2 Å². The van der Waals surface area contributed by atoms with Crippen molar-refractivity contribution in [2.24, 2.45) is 5.92 Å². The Balaban J connectivity index is 2.00. The number of carbonyl (C=O) groups is 3. The Labute approximate surface area is 216 Å². The Hall–Kier alpha value is -2.56. The molecule has 208 valence electrons. The molecule has 9 nitrogen and oxygen atoms in total. The van der Waals surface area contributed by atoms with E-state index in [4.69, 9.17) is 19.3 Å². The highest BCUT2D eigenvalue weighted by molar-refractivity contribution is 5.71. The van der Waals surface area contributed by atoms with Gasteiger partial charge in [-0.2, -0.15) is 0 Å². The van der Waals surface area contributed by atoms with Crippen molar-refractivity contribution in [3.05, 3.63) is 35.1 Å². The molecule has 2 rings (SSSR count). The number of fused-ring (bicyclic) bond motifs is 1. The zero-order valence-electron chi connectivity index (χ0n) is 21.8. The summed E-state index contributed by atoms with van der Waals surface area (Å²) in [7, 11) is 1.41. The second-order valence-corrected chi connectivity index (χ2v) is 10.0. The fourth-order valence-corrected chi connectivity index (χ4v) is 5.30. The third kappa shape index (κ3) is 9.36. The van der Waals surface area contributed by atoms with Gasteiger partial charge in [-0.05, 0) is 61.3 Å². The molecule has 0 fully saturated rings. The Morgan fingerprint density at radius 3 is 2.54 bits per heavy atom. The van der Waals surface area contributed by atoms with E-state index in [0.29, 0.717) is 25.7 Å². The average Bonchev–Trinajstić information content (AvgIpc) is 2.78. The number of hydrogen-bond acceptors (Lipinski definition) is 8. The summed E-state index contributed by atoms with van der Waals surface area (Å²) in [5.41, 5.74) is 0.948. The molecule has 0 unspecified atom stereocenters. The van der Waals surface area contributed by atoms with Gasteiger partial charge in [-0.1, -0.05) is 19.9 Å². The molecule has 10 heteroatoms. The number of carboxylic acid groups (broad SMARTS) is 1. The number of benzene rings is 1. The highest BCUT2D eigenvalue weighted by Gasteiger charge is 2.47. The van der Waals surface area contributed by atoms with Crippen LogP contribution in [-0.2, 0) is 35.0 Å². The normalized spacial score (nSPS) is 20.7. The molecule has 0 radical (unpaired) electrons. The molecule has 0 saturated heterocycles. The maximum absolute atomic E-state index is 13.9. The Morgan fingerprint density at radius 2 is 1.89 bits per heavy atom. The number of aliphatic hydroxyl groups is 2. The fourth-order valence-electron chi connectivity index (χ4n) is 5.30. The molecular formula is C27H39FO9. The molecule has 4 atom stereocenters. The molecule has 0 aliphatic heterocycles. The van der Waals surface area contributed by atoms with Crippen LogP contribution in [0.2, 0.25) is 0 Å². The van der Waals surface area contributed by atoms with Gasteiger partial charge in [0.1, 0.15) is 18.0 Å². The predicted octanol–water partition coefficient (Wildman–Crippen LogP) is 3.13. The average molecular weight is 527 g/mol. The molecule has 0 heterocycles. The summed E-state index contributed by atoms with van der Waals surface area (Å²) >= 11 is 0. The zero-order chi connectivity index (χ0) is 27.6. The number of aliphatic hydroxyl groups excluding tert-OH is 2.